The molecule has 0 saturated heterocycles. The van der Waals surface area contributed by atoms with Crippen LogP contribution in [0.2, 0.25) is 0 Å². The summed E-state index contributed by atoms with van der Waals surface area (Å²) < 4.78 is 21.2. The third-order valence-electron chi connectivity index (χ3n) is 5.85. The highest BCUT2D eigenvalue weighted by atomic mass is 19.1. The van der Waals surface area contributed by atoms with E-state index in [1.165, 1.54) is 16.7 Å². The lowest BCUT2D eigenvalue weighted by molar-refractivity contribution is 0.543. The van der Waals surface area contributed by atoms with Crippen molar-refractivity contribution < 1.29 is 8.81 Å². The molecule has 0 aliphatic heterocycles. The van der Waals surface area contributed by atoms with Crippen LogP contribution in [-0.4, -0.2) is 27.3 Å². The van der Waals surface area contributed by atoms with Gasteiger partial charge in [0, 0.05) is 47.2 Å². The molecule has 0 radical (unpaired) electrons. The molecule has 0 unspecified atom stereocenters. The maximum absolute atomic E-state index is 13.6. The average molecular weight is 465 g/mol. The van der Waals surface area contributed by atoms with Crippen LogP contribution in [0.25, 0.3) is 45.6 Å². The van der Waals surface area contributed by atoms with Crippen molar-refractivity contribution in [3.8, 4) is 28.6 Å². The Balaban J connectivity index is 1.74. The van der Waals surface area contributed by atoms with Crippen molar-refractivity contribution in [1.29, 1.82) is 0 Å². The van der Waals surface area contributed by atoms with Crippen LogP contribution in [0.4, 0.5) is 4.39 Å². The topological polar surface area (TPSA) is 73.3 Å². The van der Waals surface area contributed by atoms with E-state index in [-0.39, 0.29) is 17.3 Å². The first kappa shape index (κ1) is 22.2. The van der Waals surface area contributed by atoms with E-state index in [1.807, 2.05) is 31.2 Å². The van der Waals surface area contributed by atoms with Crippen molar-refractivity contribution >= 4 is 22.7 Å². The fourth-order valence-corrected chi connectivity index (χ4v) is 3.94. The van der Waals surface area contributed by atoms with Gasteiger partial charge in [-0.15, -0.1) is 0 Å². The number of benzene rings is 2. The molecule has 5 aromatic rings. The summed E-state index contributed by atoms with van der Waals surface area (Å²) in [6.07, 6.45) is 4.95. The number of pyridine rings is 2. The molecule has 3 aromatic heterocycles. The zero-order valence-corrected chi connectivity index (χ0v) is 19.2. The summed E-state index contributed by atoms with van der Waals surface area (Å²) in [7, 11) is 1.74. The maximum Gasteiger partial charge on any atom is 0.283 e. The Kier molecular flexibility index (Phi) is 5.66. The molecule has 35 heavy (non-hydrogen) atoms. The molecule has 3 heterocycles. The smallest absolute Gasteiger partial charge is 0.283 e. The Bertz CT molecular complexity index is 1660. The van der Waals surface area contributed by atoms with Crippen LogP contribution < -0.4 is 5.56 Å². The van der Waals surface area contributed by atoms with E-state index in [0.717, 1.165) is 22.2 Å². The second-order valence-electron chi connectivity index (χ2n) is 7.93. The SMILES string of the molecule is C=Cc1cc(-c2nc(-c3ccc(F)cc3)c(-n3ccc4cccnc4c3=O)o2)ccc1C(C)=NC. The van der Waals surface area contributed by atoms with Gasteiger partial charge in [-0.05, 0) is 61.0 Å². The number of aliphatic imine (C=N–C) groups is 1. The van der Waals surface area contributed by atoms with Crippen molar-refractivity contribution in [2.24, 2.45) is 4.99 Å². The van der Waals surface area contributed by atoms with Gasteiger partial charge in [0.25, 0.3) is 5.56 Å². The molecule has 7 heteroatoms. The molecule has 0 bridgehead atoms. The number of halogens is 1. The summed E-state index contributed by atoms with van der Waals surface area (Å²) >= 11 is 0. The van der Waals surface area contributed by atoms with E-state index < -0.39 is 0 Å². The number of hydrogen-bond acceptors (Lipinski definition) is 5. The lowest BCUT2D eigenvalue weighted by atomic mass is 10.0. The molecule has 2 aromatic carbocycles. The summed E-state index contributed by atoms with van der Waals surface area (Å²) in [6.45, 7) is 5.84. The lowest BCUT2D eigenvalue weighted by Crippen LogP contribution is -2.18. The van der Waals surface area contributed by atoms with Crippen LogP contribution in [0.5, 0.6) is 0 Å². The lowest BCUT2D eigenvalue weighted by Gasteiger charge is -2.07. The van der Waals surface area contributed by atoms with Gasteiger partial charge in [0.15, 0.2) is 0 Å². The minimum absolute atomic E-state index is 0.222. The molecule has 6 nitrogen and oxygen atoms in total. The van der Waals surface area contributed by atoms with Crippen LogP contribution in [-0.2, 0) is 0 Å². The summed E-state index contributed by atoms with van der Waals surface area (Å²) in [5.41, 5.74) is 4.40. The van der Waals surface area contributed by atoms with E-state index >= 15 is 0 Å². The van der Waals surface area contributed by atoms with Crippen molar-refractivity contribution in [3.05, 3.63) is 107 Å². The van der Waals surface area contributed by atoms with Gasteiger partial charge in [-0.25, -0.2) is 9.37 Å². The number of rotatable bonds is 5. The fraction of sp³-hybridized carbons (Fsp3) is 0.0714. The molecule has 0 aliphatic rings. The monoisotopic (exact) mass is 464 g/mol. The molecular weight excluding hydrogens is 443 g/mol. The van der Waals surface area contributed by atoms with Crippen LogP contribution >= 0.6 is 0 Å². The quantitative estimate of drug-likeness (QED) is 0.302. The standard InChI is InChI=1S/C28H21FN4O2/c1-4-18-16-21(9-12-23(18)17(2)30-3)26-32-25(20-7-10-22(29)11-8-20)28(35-26)33-15-13-19-6-5-14-31-24(19)27(33)34/h4-16H,1H2,2-3H3. The van der Waals surface area contributed by atoms with Gasteiger partial charge in [-0.1, -0.05) is 24.8 Å². The highest BCUT2D eigenvalue weighted by Crippen LogP contribution is 2.32. The Morgan fingerprint density at radius 1 is 1.11 bits per heavy atom. The number of aromatic nitrogens is 3. The first-order valence-corrected chi connectivity index (χ1v) is 10.9. The van der Waals surface area contributed by atoms with E-state index in [9.17, 15) is 9.18 Å². The Hall–Kier alpha value is -4.65. The van der Waals surface area contributed by atoms with Crippen LogP contribution in [0.15, 0.2) is 93.8 Å². The molecule has 0 atom stereocenters. The Morgan fingerprint density at radius 3 is 2.63 bits per heavy atom. The fourth-order valence-electron chi connectivity index (χ4n) is 3.94. The minimum Gasteiger partial charge on any atom is -0.419 e. The van der Waals surface area contributed by atoms with Crippen LogP contribution in [0.1, 0.15) is 18.1 Å². The number of oxazole rings is 1. The normalized spacial score (nSPS) is 11.7. The van der Waals surface area contributed by atoms with Gasteiger partial charge in [-0.2, -0.15) is 0 Å². The predicted molar refractivity (Wildman–Crippen MR) is 136 cm³/mol. The molecule has 0 spiro atoms. The molecule has 0 aliphatic carbocycles. The predicted octanol–water partition coefficient (Wildman–Crippen LogP) is 5.93. The third-order valence-corrected chi connectivity index (χ3v) is 5.85. The summed E-state index contributed by atoms with van der Waals surface area (Å²) in [5, 5.41) is 0.719. The Morgan fingerprint density at radius 2 is 1.89 bits per heavy atom. The largest absolute Gasteiger partial charge is 0.419 e. The van der Waals surface area contributed by atoms with E-state index in [2.05, 4.69) is 16.6 Å². The molecule has 0 N–H and O–H groups in total. The zero-order chi connectivity index (χ0) is 24.5. The van der Waals surface area contributed by atoms with Crippen molar-refractivity contribution in [3.63, 3.8) is 0 Å². The van der Waals surface area contributed by atoms with Gasteiger partial charge >= 0.3 is 0 Å². The van der Waals surface area contributed by atoms with Gasteiger partial charge in [-0.3, -0.25) is 19.3 Å². The number of fused-ring (bicyclic) bond motifs is 1. The molecular formula is C28H21FN4O2. The highest BCUT2D eigenvalue weighted by molar-refractivity contribution is 6.02. The average Bonchev–Trinajstić information content (AvgIpc) is 3.34. The highest BCUT2D eigenvalue weighted by Gasteiger charge is 2.21. The Labute approximate surface area is 200 Å². The van der Waals surface area contributed by atoms with E-state index in [1.54, 1.807) is 49.8 Å². The second-order valence-corrected chi connectivity index (χ2v) is 7.93. The minimum atomic E-state index is -0.370. The maximum atomic E-state index is 13.6. The molecule has 172 valence electrons. The van der Waals surface area contributed by atoms with Gasteiger partial charge < -0.3 is 4.42 Å². The third kappa shape index (κ3) is 3.97. The first-order valence-electron chi connectivity index (χ1n) is 10.9. The summed E-state index contributed by atoms with van der Waals surface area (Å²) in [4.78, 5) is 26.5. The van der Waals surface area contributed by atoms with Crippen molar-refractivity contribution in [2.75, 3.05) is 7.05 Å². The van der Waals surface area contributed by atoms with Gasteiger partial charge in [0.05, 0.1) is 0 Å². The van der Waals surface area contributed by atoms with Crippen molar-refractivity contribution in [1.82, 2.24) is 14.5 Å². The second kappa shape index (κ2) is 8.95. The number of nitrogens with zero attached hydrogens (tertiary/aromatic N) is 4. The van der Waals surface area contributed by atoms with E-state index in [0.29, 0.717) is 28.2 Å². The molecule has 0 fully saturated rings. The van der Waals surface area contributed by atoms with Gasteiger partial charge in [0.2, 0.25) is 11.8 Å². The first-order chi connectivity index (χ1) is 17.0. The van der Waals surface area contributed by atoms with Crippen LogP contribution in [0.3, 0.4) is 0 Å². The molecule has 5 rings (SSSR count). The summed E-state index contributed by atoms with van der Waals surface area (Å²) in [6, 6.07) is 17.0. The zero-order valence-electron chi connectivity index (χ0n) is 19.2. The van der Waals surface area contributed by atoms with Gasteiger partial charge in [0.1, 0.15) is 17.0 Å². The summed E-state index contributed by atoms with van der Waals surface area (Å²) in [5.74, 6) is 0.165. The van der Waals surface area contributed by atoms with Crippen molar-refractivity contribution in [2.45, 2.75) is 6.92 Å². The molecule has 0 saturated carbocycles. The van der Waals surface area contributed by atoms with Crippen LogP contribution in [0, 0.1) is 5.82 Å². The van der Waals surface area contributed by atoms with E-state index in [4.69, 9.17) is 9.40 Å². The number of hydrogen-bond donors (Lipinski definition) is 0. The molecule has 0 amide bonds.